The van der Waals surface area contributed by atoms with E-state index in [-0.39, 0.29) is 12.1 Å². The monoisotopic (exact) mass is 352 g/mol. The maximum Gasteiger partial charge on any atom is 0.418 e. The van der Waals surface area contributed by atoms with Gasteiger partial charge in [-0.25, -0.2) is 0 Å². The van der Waals surface area contributed by atoms with Gasteiger partial charge in [-0.2, -0.15) is 13.2 Å². The van der Waals surface area contributed by atoms with E-state index in [1.807, 2.05) is 0 Å². The highest BCUT2D eigenvalue weighted by molar-refractivity contribution is 9.10. The van der Waals surface area contributed by atoms with Gasteiger partial charge in [0.05, 0.1) is 17.5 Å². The summed E-state index contributed by atoms with van der Waals surface area (Å²) in [6.45, 7) is 0.624. The van der Waals surface area contributed by atoms with Gasteiger partial charge < -0.3 is 15.7 Å². The SMILES string of the molecule is O=C(O)CC1(Nc2ccc(Br)cc2C(F)(F)F)CNC1. The minimum Gasteiger partial charge on any atom is -0.481 e. The zero-order valence-electron chi connectivity index (χ0n) is 10.2. The number of hydrogen-bond donors (Lipinski definition) is 3. The number of aliphatic carboxylic acids is 1. The third kappa shape index (κ3) is 3.24. The van der Waals surface area contributed by atoms with Gasteiger partial charge in [-0.05, 0) is 18.2 Å². The molecule has 0 bridgehead atoms. The molecular weight excluding hydrogens is 341 g/mol. The van der Waals surface area contributed by atoms with E-state index in [9.17, 15) is 18.0 Å². The highest BCUT2D eigenvalue weighted by Gasteiger charge is 2.41. The summed E-state index contributed by atoms with van der Waals surface area (Å²) in [6.07, 6.45) is -4.75. The number of rotatable bonds is 4. The molecule has 1 aliphatic rings. The summed E-state index contributed by atoms with van der Waals surface area (Å²) in [5.41, 5.74) is -1.80. The number of halogens is 4. The quantitative estimate of drug-likeness (QED) is 0.779. The number of carboxylic acids is 1. The van der Waals surface area contributed by atoms with E-state index in [1.54, 1.807) is 0 Å². The van der Waals surface area contributed by atoms with Crippen molar-refractivity contribution in [3.05, 3.63) is 28.2 Å². The van der Waals surface area contributed by atoms with Gasteiger partial charge in [0.25, 0.3) is 0 Å². The number of carboxylic acid groups (broad SMARTS) is 1. The molecule has 2 rings (SSSR count). The molecule has 0 aliphatic carbocycles. The summed E-state index contributed by atoms with van der Waals surface area (Å²) >= 11 is 3.01. The van der Waals surface area contributed by atoms with E-state index in [0.717, 1.165) is 6.07 Å². The molecule has 3 N–H and O–H groups in total. The van der Waals surface area contributed by atoms with Crippen LogP contribution in [0.1, 0.15) is 12.0 Å². The van der Waals surface area contributed by atoms with E-state index >= 15 is 0 Å². The van der Waals surface area contributed by atoms with Gasteiger partial charge in [-0.15, -0.1) is 0 Å². The first kappa shape index (κ1) is 15.1. The van der Waals surface area contributed by atoms with Crippen LogP contribution >= 0.6 is 15.9 Å². The predicted molar refractivity (Wildman–Crippen MR) is 70.6 cm³/mol. The van der Waals surface area contributed by atoms with Crippen molar-refractivity contribution in [3.8, 4) is 0 Å². The smallest absolute Gasteiger partial charge is 0.418 e. The van der Waals surface area contributed by atoms with Crippen molar-refractivity contribution in [1.82, 2.24) is 5.32 Å². The number of alkyl halides is 3. The van der Waals surface area contributed by atoms with Gasteiger partial charge >= 0.3 is 12.1 Å². The predicted octanol–water partition coefficient (Wildman–Crippen LogP) is 2.70. The van der Waals surface area contributed by atoms with Crippen molar-refractivity contribution in [2.75, 3.05) is 18.4 Å². The summed E-state index contributed by atoms with van der Waals surface area (Å²) in [6, 6.07) is 3.76. The summed E-state index contributed by atoms with van der Waals surface area (Å²) in [4.78, 5) is 10.8. The maximum atomic E-state index is 13.0. The summed E-state index contributed by atoms with van der Waals surface area (Å²) < 4.78 is 39.3. The van der Waals surface area contributed by atoms with Crippen molar-refractivity contribution < 1.29 is 23.1 Å². The van der Waals surface area contributed by atoms with Crippen molar-refractivity contribution >= 4 is 27.6 Å². The van der Waals surface area contributed by atoms with Gasteiger partial charge in [-0.1, -0.05) is 15.9 Å². The molecule has 0 aromatic heterocycles. The molecule has 20 heavy (non-hydrogen) atoms. The minimum absolute atomic E-state index is 0.108. The average Bonchev–Trinajstić information content (AvgIpc) is 2.26. The molecule has 0 spiro atoms. The van der Waals surface area contributed by atoms with Crippen LogP contribution in [-0.2, 0) is 11.0 Å². The van der Waals surface area contributed by atoms with Gasteiger partial charge in [-0.3, -0.25) is 4.79 Å². The molecule has 0 radical (unpaired) electrons. The molecule has 0 atom stereocenters. The zero-order valence-corrected chi connectivity index (χ0v) is 11.8. The first-order valence-electron chi connectivity index (χ1n) is 5.79. The minimum atomic E-state index is -4.51. The van der Waals surface area contributed by atoms with Crippen molar-refractivity contribution in [2.45, 2.75) is 18.1 Å². The lowest BCUT2D eigenvalue weighted by Gasteiger charge is -2.43. The molecule has 1 fully saturated rings. The van der Waals surface area contributed by atoms with E-state index < -0.39 is 23.2 Å². The highest BCUT2D eigenvalue weighted by atomic mass is 79.9. The lowest BCUT2D eigenvalue weighted by Crippen LogP contribution is -2.65. The van der Waals surface area contributed by atoms with Gasteiger partial charge in [0.1, 0.15) is 0 Å². The third-order valence-corrected chi connectivity index (χ3v) is 3.60. The molecular formula is C12H12BrF3N2O2. The standard InChI is InChI=1S/C12H12BrF3N2O2/c13-7-1-2-9(8(3-7)12(14,15)16)18-11(4-10(19)20)5-17-6-11/h1-3,17-18H,4-6H2,(H,19,20). The van der Waals surface area contributed by atoms with Crippen LogP contribution in [0.2, 0.25) is 0 Å². The van der Waals surface area contributed by atoms with Crippen LogP contribution in [0.15, 0.2) is 22.7 Å². The Hall–Kier alpha value is -1.28. The number of nitrogens with one attached hydrogen (secondary N) is 2. The average molecular weight is 353 g/mol. The second kappa shape index (κ2) is 5.25. The molecule has 0 saturated carbocycles. The van der Waals surface area contributed by atoms with Crippen molar-refractivity contribution in [3.63, 3.8) is 0 Å². The van der Waals surface area contributed by atoms with E-state index in [4.69, 9.17) is 5.11 Å². The maximum absolute atomic E-state index is 13.0. The second-order valence-electron chi connectivity index (χ2n) is 4.77. The summed E-state index contributed by atoms with van der Waals surface area (Å²) in [7, 11) is 0. The number of carbonyl (C=O) groups is 1. The van der Waals surface area contributed by atoms with Crippen LogP contribution in [0.5, 0.6) is 0 Å². The first-order chi connectivity index (χ1) is 9.22. The Kier molecular flexibility index (Phi) is 3.97. The van der Waals surface area contributed by atoms with Crippen LogP contribution in [-0.4, -0.2) is 29.7 Å². The van der Waals surface area contributed by atoms with Gasteiger partial charge in [0.15, 0.2) is 0 Å². The van der Waals surface area contributed by atoms with Crippen LogP contribution in [0.4, 0.5) is 18.9 Å². The Morgan fingerprint density at radius 3 is 2.55 bits per heavy atom. The summed E-state index contributed by atoms with van der Waals surface area (Å²) in [5.74, 6) is -1.05. The molecule has 1 heterocycles. The van der Waals surface area contributed by atoms with E-state index in [0.29, 0.717) is 17.6 Å². The van der Waals surface area contributed by atoms with E-state index in [2.05, 4.69) is 26.6 Å². The molecule has 1 aromatic rings. The first-order valence-corrected chi connectivity index (χ1v) is 6.59. The van der Waals surface area contributed by atoms with Crippen LogP contribution < -0.4 is 10.6 Å². The molecule has 0 unspecified atom stereocenters. The lowest BCUT2D eigenvalue weighted by atomic mass is 9.88. The van der Waals surface area contributed by atoms with Crippen LogP contribution in [0.3, 0.4) is 0 Å². The molecule has 1 aromatic carbocycles. The number of hydrogen-bond acceptors (Lipinski definition) is 3. The molecule has 1 aliphatic heterocycles. The van der Waals surface area contributed by atoms with Crippen LogP contribution in [0.25, 0.3) is 0 Å². The zero-order chi connectivity index (χ0) is 15.0. The Morgan fingerprint density at radius 2 is 2.10 bits per heavy atom. The van der Waals surface area contributed by atoms with Crippen molar-refractivity contribution in [2.24, 2.45) is 0 Å². The Balaban J connectivity index is 2.31. The molecule has 110 valence electrons. The molecule has 1 saturated heterocycles. The normalized spacial score (nSPS) is 17.4. The fourth-order valence-corrected chi connectivity index (χ4v) is 2.48. The van der Waals surface area contributed by atoms with Gasteiger partial charge in [0, 0.05) is 23.2 Å². The molecule has 0 amide bonds. The Labute approximate surface area is 121 Å². The second-order valence-corrected chi connectivity index (χ2v) is 5.68. The number of anilines is 1. The fourth-order valence-electron chi connectivity index (χ4n) is 2.12. The molecule has 4 nitrogen and oxygen atoms in total. The third-order valence-electron chi connectivity index (χ3n) is 3.10. The number of benzene rings is 1. The van der Waals surface area contributed by atoms with Crippen LogP contribution in [0, 0.1) is 0 Å². The lowest BCUT2D eigenvalue weighted by molar-refractivity contribution is -0.138. The fraction of sp³-hybridized carbons (Fsp3) is 0.417. The molecule has 8 heteroatoms. The summed E-state index contributed by atoms with van der Waals surface area (Å²) in [5, 5.41) is 14.5. The van der Waals surface area contributed by atoms with Crippen molar-refractivity contribution in [1.29, 1.82) is 0 Å². The largest absolute Gasteiger partial charge is 0.481 e. The topological polar surface area (TPSA) is 61.4 Å². The Bertz CT molecular complexity index is 530. The highest BCUT2D eigenvalue weighted by Crippen LogP contribution is 2.38. The van der Waals surface area contributed by atoms with E-state index in [1.165, 1.54) is 12.1 Å². The van der Waals surface area contributed by atoms with Gasteiger partial charge in [0.2, 0.25) is 0 Å². The Morgan fingerprint density at radius 1 is 1.45 bits per heavy atom.